The lowest BCUT2D eigenvalue weighted by molar-refractivity contribution is 0.595. The van der Waals surface area contributed by atoms with Crippen LogP contribution in [-0.4, -0.2) is 11.5 Å². The van der Waals surface area contributed by atoms with E-state index in [4.69, 9.17) is 0 Å². The van der Waals surface area contributed by atoms with Crippen molar-refractivity contribution in [2.45, 2.75) is 20.3 Å². The van der Waals surface area contributed by atoms with Crippen LogP contribution in [0.15, 0.2) is 30.6 Å². The van der Waals surface area contributed by atoms with Crippen LogP contribution in [0.3, 0.4) is 0 Å². The minimum Gasteiger partial charge on any atom is -0.384 e. The van der Waals surface area contributed by atoms with Crippen LogP contribution in [0.1, 0.15) is 18.9 Å². The first-order valence-corrected chi connectivity index (χ1v) is 6.51. The summed E-state index contributed by atoms with van der Waals surface area (Å²) < 4.78 is 27.2. The highest BCUT2D eigenvalue weighted by Gasteiger charge is 2.08. The van der Waals surface area contributed by atoms with Crippen molar-refractivity contribution in [2.75, 3.05) is 17.2 Å². The third-order valence-electron chi connectivity index (χ3n) is 2.84. The monoisotopic (exact) mass is 277 g/mol. The van der Waals surface area contributed by atoms with Gasteiger partial charge in [-0.2, -0.15) is 0 Å². The second-order valence-electron chi connectivity index (χ2n) is 4.60. The van der Waals surface area contributed by atoms with E-state index in [1.54, 1.807) is 18.5 Å². The molecule has 1 aromatic heterocycles. The minimum atomic E-state index is -0.490. The lowest BCUT2D eigenvalue weighted by atomic mass is 10.2. The highest BCUT2D eigenvalue weighted by molar-refractivity contribution is 5.63. The first-order chi connectivity index (χ1) is 9.60. The normalized spacial score (nSPS) is 10.4. The highest BCUT2D eigenvalue weighted by Crippen LogP contribution is 2.24. The SMILES string of the molecule is CCCNc1cncc(Nc2cc(F)c(C)cc2F)c1. The van der Waals surface area contributed by atoms with Crippen molar-refractivity contribution in [3.05, 3.63) is 47.8 Å². The molecule has 20 heavy (non-hydrogen) atoms. The molecular weight excluding hydrogens is 260 g/mol. The molecule has 0 atom stereocenters. The Morgan fingerprint density at radius 1 is 1.05 bits per heavy atom. The van der Waals surface area contributed by atoms with E-state index in [1.807, 2.05) is 0 Å². The second kappa shape index (κ2) is 6.32. The number of aryl methyl sites for hydroxylation is 1. The summed E-state index contributed by atoms with van der Waals surface area (Å²) in [6.45, 7) is 4.42. The maximum Gasteiger partial charge on any atom is 0.147 e. The van der Waals surface area contributed by atoms with Crippen molar-refractivity contribution in [1.82, 2.24) is 4.98 Å². The molecular formula is C15H17F2N3. The van der Waals surface area contributed by atoms with Gasteiger partial charge in [0.2, 0.25) is 0 Å². The number of benzene rings is 1. The van der Waals surface area contributed by atoms with E-state index in [9.17, 15) is 8.78 Å². The number of anilines is 3. The largest absolute Gasteiger partial charge is 0.384 e. The van der Waals surface area contributed by atoms with Crippen molar-refractivity contribution in [2.24, 2.45) is 0 Å². The van der Waals surface area contributed by atoms with E-state index in [1.165, 1.54) is 13.0 Å². The maximum atomic E-state index is 13.8. The van der Waals surface area contributed by atoms with Gasteiger partial charge in [0.1, 0.15) is 11.6 Å². The molecule has 0 radical (unpaired) electrons. The van der Waals surface area contributed by atoms with Crippen molar-refractivity contribution >= 4 is 17.1 Å². The number of nitrogens with zero attached hydrogens (tertiary/aromatic N) is 1. The molecule has 1 aromatic carbocycles. The molecule has 0 unspecified atom stereocenters. The lowest BCUT2D eigenvalue weighted by Gasteiger charge is -2.10. The topological polar surface area (TPSA) is 37.0 Å². The Kier molecular flexibility index (Phi) is 4.50. The van der Waals surface area contributed by atoms with E-state index in [-0.39, 0.29) is 11.3 Å². The van der Waals surface area contributed by atoms with E-state index in [0.29, 0.717) is 5.69 Å². The molecule has 0 aliphatic rings. The Bertz CT molecular complexity index is 600. The first kappa shape index (κ1) is 14.2. The van der Waals surface area contributed by atoms with Gasteiger partial charge in [-0.25, -0.2) is 8.78 Å². The predicted octanol–water partition coefficient (Wildman–Crippen LogP) is 4.23. The van der Waals surface area contributed by atoms with Gasteiger partial charge in [0, 0.05) is 12.6 Å². The Morgan fingerprint density at radius 2 is 1.80 bits per heavy atom. The van der Waals surface area contributed by atoms with Crippen LogP contribution in [-0.2, 0) is 0 Å². The van der Waals surface area contributed by atoms with Crippen molar-refractivity contribution in [3.63, 3.8) is 0 Å². The van der Waals surface area contributed by atoms with E-state index < -0.39 is 11.6 Å². The van der Waals surface area contributed by atoms with Crippen LogP contribution in [0.4, 0.5) is 25.8 Å². The molecule has 0 aliphatic heterocycles. The maximum absolute atomic E-state index is 13.8. The van der Waals surface area contributed by atoms with Gasteiger partial charge in [0.25, 0.3) is 0 Å². The molecule has 0 bridgehead atoms. The third-order valence-corrected chi connectivity index (χ3v) is 2.84. The van der Waals surface area contributed by atoms with Gasteiger partial charge in [-0.1, -0.05) is 6.92 Å². The van der Waals surface area contributed by atoms with Crippen molar-refractivity contribution in [3.8, 4) is 0 Å². The van der Waals surface area contributed by atoms with Gasteiger partial charge in [-0.15, -0.1) is 0 Å². The standard InChI is InChI=1S/C15H17F2N3/c1-3-4-19-11-6-12(9-18-8-11)20-15-7-13(16)10(2)5-14(15)17/h5-9,19-20H,3-4H2,1-2H3. The lowest BCUT2D eigenvalue weighted by Crippen LogP contribution is -2.02. The zero-order valence-corrected chi connectivity index (χ0v) is 11.5. The summed E-state index contributed by atoms with van der Waals surface area (Å²) in [4.78, 5) is 4.06. The molecule has 0 fully saturated rings. The van der Waals surface area contributed by atoms with Crippen LogP contribution in [0, 0.1) is 18.6 Å². The fourth-order valence-electron chi connectivity index (χ4n) is 1.77. The summed E-state index contributed by atoms with van der Waals surface area (Å²) >= 11 is 0. The number of aromatic nitrogens is 1. The van der Waals surface area contributed by atoms with Crippen LogP contribution in [0.5, 0.6) is 0 Å². The zero-order chi connectivity index (χ0) is 14.5. The molecule has 0 aliphatic carbocycles. The van der Waals surface area contributed by atoms with Gasteiger partial charge in [-0.05, 0) is 31.0 Å². The van der Waals surface area contributed by atoms with E-state index >= 15 is 0 Å². The molecule has 0 spiro atoms. The molecule has 2 N–H and O–H groups in total. The number of hydrogen-bond acceptors (Lipinski definition) is 3. The third kappa shape index (κ3) is 3.44. The fraction of sp³-hybridized carbons (Fsp3) is 0.267. The number of nitrogens with one attached hydrogen (secondary N) is 2. The average molecular weight is 277 g/mol. The smallest absolute Gasteiger partial charge is 0.147 e. The first-order valence-electron chi connectivity index (χ1n) is 6.51. The molecule has 5 heteroatoms. The van der Waals surface area contributed by atoms with Gasteiger partial charge >= 0.3 is 0 Å². The quantitative estimate of drug-likeness (QED) is 0.858. The fourth-order valence-corrected chi connectivity index (χ4v) is 1.77. The minimum absolute atomic E-state index is 0.0996. The number of pyridine rings is 1. The zero-order valence-electron chi connectivity index (χ0n) is 11.5. The summed E-state index contributed by atoms with van der Waals surface area (Å²) in [6, 6.07) is 4.13. The molecule has 106 valence electrons. The molecule has 0 saturated carbocycles. The Morgan fingerprint density at radius 3 is 2.55 bits per heavy atom. The molecule has 0 saturated heterocycles. The summed E-state index contributed by atoms with van der Waals surface area (Å²) in [5, 5.41) is 6.02. The van der Waals surface area contributed by atoms with Gasteiger partial charge in [-0.3, -0.25) is 4.98 Å². The van der Waals surface area contributed by atoms with Gasteiger partial charge in [0.15, 0.2) is 0 Å². The Balaban J connectivity index is 2.19. The summed E-state index contributed by atoms with van der Waals surface area (Å²) in [7, 11) is 0. The Labute approximate surface area is 117 Å². The second-order valence-corrected chi connectivity index (χ2v) is 4.60. The Hall–Kier alpha value is -2.17. The molecule has 3 nitrogen and oxygen atoms in total. The van der Waals surface area contributed by atoms with Crippen LogP contribution in [0.2, 0.25) is 0 Å². The van der Waals surface area contributed by atoms with Gasteiger partial charge in [0.05, 0.1) is 29.5 Å². The molecule has 1 heterocycles. The van der Waals surface area contributed by atoms with Crippen molar-refractivity contribution in [1.29, 1.82) is 0 Å². The summed E-state index contributed by atoms with van der Waals surface area (Å²) in [5.41, 5.74) is 1.82. The average Bonchev–Trinajstić information content (AvgIpc) is 2.43. The molecule has 0 amide bonds. The summed E-state index contributed by atoms with van der Waals surface area (Å²) in [5.74, 6) is -0.932. The highest BCUT2D eigenvalue weighted by atomic mass is 19.1. The van der Waals surface area contributed by atoms with E-state index in [2.05, 4.69) is 22.5 Å². The van der Waals surface area contributed by atoms with E-state index in [0.717, 1.165) is 24.7 Å². The van der Waals surface area contributed by atoms with Crippen molar-refractivity contribution < 1.29 is 8.78 Å². The number of rotatable bonds is 5. The number of hydrogen-bond donors (Lipinski definition) is 2. The van der Waals surface area contributed by atoms with Gasteiger partial charge < -0.3 is 10.6 Å². The predicted molar refractivity (Wildman–Crippen MR) is 77.4 cm³/mol. The summed E-state index contributed by atoms with van der Waals surface area (Å²) in [6.07, 6.45) is 4.25. The molecule has 2 rings (SSSR count). The molecule has 2 aromatic rings. The number of halogens is 2. The van der Waals surface area contributed by atoms with Crippen LogP contribution >= 0.6 is 0 Å². The van der Waals surface area contributed by atoms with Crippen LogP contribution in [0.25, 0.3) is 0 Å². The van der Waals surface area contributed by atoms with Crippen LogP contribution < -0.4 is 10.6 Å².